The molecule has 1 N–H and O–H groups in total. The zero-order valence-corrected chi connectivity index (χ0v) is 14.2. The molecule has 114 valence electrons. The molecule has 2 nitrogen and oxygen atoms in total. The van der Waals surface area contributed by atoms with Crippen LogP contribution in [0.1, 0.15) is 45.7 Å². The summed E-state index contributed by atoms with van der Waals surface area (Å²) >= 11 is 6.09. The molecular formula is C17H29ClN2. The maximum Gasteiger partial charge on any atom is 0.0409 e. The fourth-order valence-electron chi connectivity index (χ4n) is 2.43. The van der Waals surface area contributed by atoms with Gasteiger partial charge in [-0.05, 0) is 64.0 Å². The van der Waals surface area contributed by atoms with Crippen molar-refractivity contribution < 1.29 is 0 Å². The van der Waals surface area contributed by atoms with Gasteiger partial charge in [0, 0.05) is 17.1 Å². The van der Waals surface area contributed by atoms with Gasteiger partial charge in [-0.25, -0.2) is 0 Å². The van der Waals surface area contributed by atoms with E-state index in [1.54, 1.807) is 0 Å². The SMILES string of the molecule is CCCNCC(C)C(C)N(C)C(C)c1cccc(Cl)c1. The van der Waals surface area contributed by atoms with Gasteiger partial charge in [-0.1, -0.05) is 37.6 Å². The molecule has 1 aromatic carbocycles. The van der Waals surface area contributed by atoms with Gasteiger partial charge in [-0.2, -0.15) is 0 Å². The monoisotopic (exact) mass is 296 g/mol. The van der Waals surface area contributed by atoms with Crippen LogP contribution in [0, 0.1) is 5.92 Å². The molecule has 0 saturated carbocycles. The Morgan fingerprint density at radius 3 is 2.55 bits per heavy atom. The predicted octanol–water partition coefficient (Wildman–Crippen LogP) is 4.36. The zero-order chi connectivity index (χ0) is 15.1. The first kappa shape index (κ1) is 17.5. The second kappa shape index (κ2) is 8.66. The second-order valence-electron chi connectivity index (χ2n) is 5.82. The van der Waals surface area contributed by atoms with Crippen LogP contribution in [0.3, 0.4) is 0 Å². The second-order valence-corrected chi connectivity index (χ2v) is 6.25. The van der Waals surface area contributed by atoms with Gasteiger partial charge in [-0.15, -0.1) is 0 Å². The van der Waals surface area contributed by atoms with Crippen molar-refractivity contribution in [3.05, 3.63) is 34.9 Å². The lowest BCUT2D eigenvalue weighted by Gasteiger charge is -2.35. The van der Waals surface area contributed by atoms with Crippen molar-refractivity contribution >= 4 is 11.6 Å². The van der Waals surface area contributed by atoms with Gasteiger partial charge in [0.1, 0.15) is 0 Å². The van der Waals surface area contributed by atoms with E-state index in [1.165, 1.54) is 12.0 Å². The van der Waals surface area contributed by atoms with Crippen LogP contribution in [0.15, 0.2) is 24.3 Å². The normalized spacial score (nSPS) is 16.1. The molecule has 0 spiro atoms. The van der Waals surface area contributed by atoms with Gasteiger partial charge in [0.25, 0.3) is 0 Å². The number of nitrogens with zero attached hydrogens (tertiary/aromatic N) is 1. The molecule has 1 rings (SSSR count). The summed E-state index contributed by atoms with van der Waals surface area (Å²) in [5, 5.41) is 4.32. The summed E-state index contributed by atoms with van der Waals surface area (Å²) in [6, 6.07) is 9.07. The first-order valence-electron chi connectivity index (χ1n) is 7.65. The third kappa shape index (κ3) is 5.08. The Kier molecular flexibility index (Phi) is 7.57. The third-order valence-corrected chi connectivity index (χ3v) is 4.54. The maximum atomic E-state index is 6.09. The lowest BCUT2D eigenvalue weighted by Crippen LogP contribution is -2.40. The molecule has 0 saturated heterocycles. The minimum Gasteiger partial charge on any atom is -0.316 e. The Morgan fingerprint density at radius 2 is 1.95 bits per heavy atom. The first-order valence-corrected chi connectivity index (χ1v) is 8.03. The molecule has 0 amide bonds. The van der Waals surface area contributed by atoms with E-state index in [0.717, 1.165) is 18.1 Å². The van der Waals surface area contributed by atoms with Gasteiger partial charge in [0.2, 0.25) is 0 Å². The summed E-state index contributed by atoms with van der Waals surface area (Å²) in [4.78, 5) is 2.43. The summed E-state index contributed by atoms with van der Waals surface area (Å²) in [6.45, 7) is 11.2. The average molecular weight is 297 g/mol. The molecule has 0 radical (unpaired) electrons. The molecule has 0 aliphatic carbocycles. The van der Waals surface area contributed by atoms with Crippen molar-refractivity contribution in [2.24, 2.45) is 5.92 Å². The van der Waals surface area contributed by atoms with E-state index >= 15 is 0 Å². The lowest BCUT2D eigenvalue weighted by atomic mass is 9.98. The average Bonchev–Trinajstić information content (AvgIpc) is 2.45. The summed E-state index contributed by atoms with van der Waals surface area (Å²) in [7, 11) is 2.20. The Hall–Kier alpha value is -0.570. The smallest absolute Gasteiger partial charge is 0.0409 e. The summed E-state index contributed by atoms with van der Waals surface area (Å²) in [5.41, 5.74) is 1.28. The highest BCUT2D eigenvalue weighted by Crippen LogP contribution is 2.25. The molecule has 0 aromatic heterocycles. The van der Waals surface area contributed by atoms with Crippen molar-refractivity contribution in [2.75, 3.05) is 20.1 Å². The number of hydrogen-bond donors (Lipinski definition) is 1. The summed E-state index contributed by atoms with van der Waals surface area (Å²) < 4.78 is 0. The van der Waals surface area contributed by atoms with E-state index in [2.05, 4.69) is 57.1 Å². The number of benzene rings is 1. The molecule has 0 bridgehead atoms. The van der Waals surface area contributed by atoms with Crippen LogP contribution < -0.4 is 5.32 Å². The van der Waals surface area contributed by atoms with E-state index in [9.17, 15) is 0 Å². The highest BCUT2D eigenvalue weighted by molar-refractivity contribution is 6.30. The van der Waals surface area contributed by atoms with E-state index in [0.29, 0.717) is 18.0 Å². The summed E-state index contributed by atoms with van der Waals surface area (Å²) in [5.74, 6) is 0.619. The number of rotatable bonds is 8. The van der Waals surface area contributed by atoms with Crippen LogP contribution >= 0.6 is 11.6 Å². The molecule has 3 unspecified atom stereocenters. The molecule has 0 aliphatic heterocycles. The molecule has 3 heteroatoms. The van der Waals surface area contributed by atoms with Gasteiger partial charge in [-0.3, -0.25) is 4.90 Å². The standard InChI is InChI=1S/C17H29ClN2/c1-6-10-19-12-13(2)14(3)20(5)15(4)16-8-7-9-17(18)11-16/h7-9,11,13-15,19H,6,10,12H2,1-5H3. The molecule has 3 atom stereocenters. The predicted molar refractivity (Wildman–Crippen MR) is 89.4 cm³/mol. The van der Waals surface area contributed by atoms with Crippen LogP contribution in [-0.2, 0) is 0 Å². The number of halogens is 1. The van der Waals surface area contributed by atoms with Crippen LogP contribution in [0.2, 0.25) is 5.02 Å². The fraction of sp³-hybridized carbons (Fsp3) is 0.647. The van der Waals surface area contributed by atoms with Crippen molar-refractivity contribution in [1.82, 2.24) is 10.2 Å². The molecule has 1 aromatic rings. The Labute approximate surface area is 129 Å². The van der Waals surface area contributed by atoms with Crippen LogP contribution in [-0.4, -0.2) is 31.1 Å². The lowest BCUT2D eigenvalue weighted by molar-refractivity contribution is 0.150. The number of hydrogen-bond acceptors (Lipinski definition) is 2. The Balaban J connectivity index is 2.61. The van der Waals surface area contributed by atoms with Crippen molar-refractivity contribution in [3.63, 3.8) is 0 Å². The van der Waals surface area contributed by atoms with E-state index in [-0.39, 0.29) is 0 Å². The van der Waals surface area contributed by atoms with E-state index < -0.39 is 0 Å². The highest BCUT2D eigenvalue weighted by Gasteiger charge is 2.22. The Morgan fingerprint density at radius 1 is 1.25 bits per heavy atom. The summed E-state index contributed by atoms with van der Waals surface area (Å²) in [6.07, 6.45) is 1.19. The molecule has 0 fully saturated rings. The minimum atomic E-state index is 0.373. The zero-order valence-electron chi connectivity index (χ0n) is 13.5. The minimum absolute atomic E-state index is 0.373. The number of nitrogens with one attached hydrogen (secondary N) is 1. The van der Waals surface area contributed by atoms with Gasteiger partial charge in [0.15, 0.2) is 0 Å². The van der Waals surface area contributed by atoms with Crippen LogP contribution in [0.4, 0.5) is 0 Å². The van der Waals surface area contributed by atoms with Gasteiger partial charge < -0.3 is 5.32 Å². The largest absolute Gasteiger partial charge is 0.316 e. The Bertz CT molecular complexity index is 394. The van der Waals surface area contributed by atoms with E-state index in [1.807, 2.05) is 12.1 Å². The highest BCUT2D eigenvalue weighted by atomic mass is 35.5. The van der Waals surface area contributed by atoms with Crippen molar-refractivity contribution in [1.29, 1.82) is 0 Å². The van der Waals surface area contributed by atoms with Gasteiger partial charge >= 0.3 is 0 Å². The molecule has 0 heterocycles. The maximum absolute atomic E-state index is 6.09. The molecule has 0 aliphatic rings. The first-order chi connectivity index (χ1) is 9.47. The van der Waals surface area contributed by atoms with E-state index in [4.69, 9.17) is 11.6 Å². The molecule has 20 heavy (non-hydrogen) atoms. The van der Waals surface area contributed by atoms with Gasteiger partial charge in [0.05, 0.1) is 0 Å². The van der Waals surface area contributed by atoms with Crippen molar-refractivity contribution in [2.45, 2.75) is 46.2 Å². The topological polar surface area (TPSA) is 15.3 Å². The molecular weight excluding hydrogens is 268 g/mol. The fourth-order valence-corrected chi connectivity index (χ4v) is 2.63. The third-order valence-electron chi connectivity index (χ3n) is 4.30. The quantitative estimate of drug-likeness (QED) is 0.717. The van der Waals surface area contributed by atoms with Crippen LogP contribution in [0.25, 0.3) is 0 Å². The van der Waals surface area contributed by atoms with Crippen molar-refractivity contribution in [3.8, 4) is 0 Å². The van der Waals surface area contributed by atoms with Crippen LogP contribution in [0.5, 0.6) is 0 Å².